The quantitative estimate of drug-likeness (QED) is 0.437. The second kappa shape index (κ2) is 9.52. The number of hydrogen-bond donors (Lipinski definition) is 0. The first-order chi connectivity index (χ1) is 5.41. The van der Waals surface area contributed by atoms with Gasteiger partial charge in [-0.3, -0.25) is 0 Å². The summed E-state index contributed by atoms with van der Waals surface area (Å²) in [4.78, 5) is 0. The Morgan fingerprint density at radius 2 is 1.91 bits per heavy atom. The van der Waals surface area contributed by atoms with Gasteiger partial charge in [-0.25, -0.2) is 0 Å². The van der Waals surface area contributed by atoms with Crippen LogP contribution >= 0.6 is 0 Å². The van der Waals surface area contributed by atoms with Gasteiger partial charge < -0.3 is 4.74 Å². The van der Waals surface area contributed by atoms with E-state index in [-0.39, 0.29) is 0 Å². The minimum Gasteiger partial charge on any atom is -0.369 e. The Morgan fingerprint density at radius 1 is 1.09 bits per heavy atom. The molecule has 0 aromatic heterocycles. The second-order valence-corrected chi connectivity index (χ2v) is 2.51. The van der Waals surface area contributed by atoms with E-state index >= 15 is 0 Å². The fourth-order valence-corrected chi connectivity index (χ4v) is 0.634. The largest absolute Gasteiger partial charge is 0.369 e. The highest BCUT2D eigenvalue weighted by Crippen LogP contribution is 1.86. The van der Waals surface area contributed by atoms with E-state index in [0.29, 0.717) is 6.61 Å². The van der Waals surface area contributed by atoms with Gasteiger partial charge in [-0.1, -0.05) is 26.2 Å². The zero-order valence-electron chi connectivity index (χ0n) is 7.65. The lowest BCUT2D eigenvalue weighted by molar-refractivity contribution is 0.163. The minimum atomic E-state index is 0.611. The molecule has 0 aliphatic carbocycles. The van der Waals surface area contributed by atoms with Crippen LogP contribution in [-0.2, 0) is 4.74 Å². The number of hydrogen-bond acceptors (Lipinski definition) is 1. The predicted molar refractivity (Wildman–Crippen MR) is 48.4 cm³/mol. The molecule has 0 aliphatic rings. The van der Waals surface area contributed by atoms with Crippen molar-refractivity contribution in [2.45, 2.75) is 39.5 Å². The Bertz CT molecular complexity index is 119. The summed E-state index contributed by atoms with van der Waals surface area (Å²) in [5, 5.41) is 0. The van der Waals surface area contributed by atoms with Crippen LogP contribution in [-0.4, -0.2) is 13.2 Å². The predicted octanol–water partition coefficient (Wildman–Crippen LogP) is 2.61. The van der Waals surface area contributed by atoms with Crippen LogP contribution in [0.1, 0.15) is 39.5 Å². The van der Waals surface area contributed by atoms with Crippen LogP contribution < -0.4 is 0 Å². The van der Waals surface area contributed by atoms with Crippen molar-refractivity contribution in [3.63, 3.8) is 0 Å². The van der Waals surface area contributed by atoms with Gasteiger partial charge in [0.25, 0.3) is 0 Å². The van der Waals surface area contributed by atoms with Gasteiger partial charge in [-0.15, -0.1) is 5.92 Å². The molecular formula is C10H18O. The van der Waals surface area contributed by atoms with Crippen LogP contribution in [0, 0.1) is 11.8 Å². The fourth-order valence-electron chi connectivity index (χ4n) is 0.634. The molecule has 0 rings (SSSR count). The summed E-state index contributed by atoms with van der Waals surface area (Å²) in [6.07, 6.45) is 4.48. The third-order valence-corrected chi connectivity index (χ3v) is 1.32. The zero-order valence-corrected chi connectivity index (χ0v) is 7.65. The first kappa shape index (κ1) is 10.5. The van der Waals surface area contributed by atoms with Gasteiger partial charge in [-0.2, -0.15) is 0 Å². The molecular weight excluding hydrogens is 136 g/mol. The lowest BCUT2D eigenvalue weighted by Gasteiger charge is -1.95. The molecule has 0 saturated carbocycles. The lowest BCUT2D eigenvalue weighted by Crippen LogP contribution is -1.93. The van der Waals surface area contributed by atoms with Crippen LogP contribution in [0.25, 0.3) is 0 Å². The topological polar surface area (TPSA) is 9.23 Å². The Kier molecular flexibility index (Phi) is 9.10. The second-order valence-electron chi connectivity index (χ2n) is 2.51. The Morgan fingerprint density at radius 3 is 2.55 bits per heavy atom. The summed E-state index contributed by atoms with van der Waals surface area (Å²) < 4.78 is 5.25. The van der Waals surface area contributed by atoms with Gasteiger partial charge in [0.2, 0.25) is 0 Å². The van der Waals surface area contributed by atoms with Gasteiger partial charge in [0.1, 0.15) is 6.61 Å². The van der Waals surface area contributed by atoms with Crippen molar-refractivity contribution in [2.24, 2.45) is 0 Å². The van der Waals surface area contributed by atoms with E-state index in [0.717, 1.165) is 25.9 Å². The average Bonchev–Trinajstić information content (AvgIpc) is 2.03. The Balaban J connectivity index is 2.96. The SMILES string of the molecule is CCCC#CCOCCCC. The maximum absolute atomic E-state index is 5.25. The summed E-state index contributed by atoms with van der Waals surface area (Å²) in [7, 11) is 0. The van der Waals surface area contributed by atoms with Crippen LogP contribution in [0.5, 0.6) is 0 Å². The van der Waals surface area contributed by atoms with Crippen LogP contribution in [0.2, 0.25) is 0 Å². The highest BCUT2D eigenvalue weighted by atomic mass is 16.5. The highest BCUT2D eigenvalue weighted by Gasteiger charge is 1.81. The van der Waals surface area contributed by atoms with E-state index in [1.807, 2.05) is 0 Å². The zero-order chi connectivity index (χ0) is 8.36. The molecule has 0 aromatic rings. The number of rotatable bonds is 5. The molecule has 0 bridgehead atoms. The molecule has 0 N–H and O–H groups in total. The summed E-state index contributed by atoms with van der Waals surface area (Å²) in [6.45, 7) is 5.76. The molecule has 11 heavy (non-hydrogen) atoms. The molecule has 0 aliphatic heterocycles. The molecule has 0 heterocycles. The molecule has 1 nitrogen and oxygen atoms in total. The molecule has 0 fully saturated rings. The maximum atomic E-state index is 5.25. The smallest absolute Gasteiger partial charge is 0.107 e. The van der Waals surface area contributed by atoms with E-state index < -0.39 is 0 Å². The molecule has 0 amide bonds. The van der Waals surface area contributed by atoms with E-state index in [4.69, 9.17) is 4.74 Å². The van der Waals surface area contributed by atoms with E-state index in [1.165, 1.54) is 6.42 Å². The van der Waals surface area contributed by atoms with Crippen molar-refractivity contribution >= 4 is 0 Å². The average molecular weight is 154 g/mol. The molecule has 0 spiro atoms. The number of unbranched alkanes of at least 4 members (excludes halogenated alkanes) is 2. The highest BCUT2D eigenvalue weighted by molar-refractivity contribution is 4.98. The third-order valence-electron chi connectivity index (χ3n) is 1.32. The van der Waals surface area contributed by atoms with E-state index in [9.17, 15) is 0 Å². The van der Waals surface area contributed by atoms with Crippen molar-refractivity contribution in [2.75, 3.05) is 13.2 Å². The van der Waals surface area contributed by atoms with E-state index in [2.05, 4.69) is 25.7 Å². The Labute approximate surface area is 70.1 Å². The molecule has 0 radical (unpaired) electrons. The van der Waals surface area contributed by atoms with E-state index in [1.54, 1.807) is 0 Å². The van der Waals surface area contributed by atoms with Gasteiger partial charge >= 0.3 is 0 Å². The van der Waals surface area contributed by atoms with Crippen molar-refractivity contribution in [3.05, 3.63) is 0 Å². The first-order valence-electron chi connectivity index (χ1n) is 4.45. The van der Waals surface area contributed by atoms with Gasteiger partial charge in [0, 0.05) is 13.0 Å². The number of ether oxygens (including phenoxy) is 1. The molecule has 1 heteroatoms. The molecule has 0 unspecified atom stereocenters. The fraction of sp³-hybridized carbons (Fsp3) is 0.800. The third kappa shape index (κ3) is 9.52. The molecule has 0 aromatic carbocycles. The Hall–Kier alpha value is -0.480. The van der Waals surface area contributed by atoms with Gasteiger partial charge in [0.15, 0.2) is 0 Å². The summed E-state index contributed by atoms with van der Waals surface area (Å²) in [5.41, 5.74) is 0. The summed E-state index contributed by atoms with van der Waals surface area (Å²) >= 11 is 0. The van der Waals surface area contributed by atoms with Gasteiger partial charge in [-0.05, 0) is 12.8 Å². The summed E-state index contributed by atoms with van der Waals surface area (Å²) in [5.74, 6) is 6.01. The standard InChI is InChI=1S/C10H18O/c1-3-5-7-8-10-11-9-6-4-2/h3-6,9-10H2,1-2H3. The summed E-state index contributed by atoms with van der Waals surface area (Å²) in [6, 6.07) is 0. The van der Waals surface area contributed by atoms with Crippen molar-refractivity contribution in [1.29, 1.82) is 0 Å². The van der Waals surface area contributed by atoms with Crippen molar-refractivity contribution in [1.82, 2.24) is 0 Å². The van der Waals surface area contributed by atoms with Crippen molar-refractivity contribution < 1.29 is 4.74 Å². The molecule has 0 saturated heterocycles. The first-order valence-corrected chi connectivity index (χ1v) is 4.45. The minimum absolute atomic E-state index is 0.611. The lowest BCUT2D eigenvalue weighted by atomic mass is 10.3. The van der Waals surface area contributed by atoms with Gasteiger partial charge in [0.05, 0.1) is 0 Å². The maximum Gasteiger partial charge on any atom is 0.107 e. The normalized spacial score (nSPS) is 8.91. The van der Waals surface area contributed by atoms with Crippen LogP contribution in [0.4, 0.5) is 0 Å². The van der Waals surface area contributed by atoms with Crippen LogP contribution in [0.15, 0.2) is 0 Å². The molecule has 64 valence electrons. The van der Waals surface area contributed by atoms with Crippen LogP contribution in [0.3, 0.4) is 0 Å². The molecule has 0 atom stereocenters. The monoisotopic (exact) mass is 154 g/mol. The van der Waals surface area contributed by atoms with Crippen molar-refractivity contribution in [3.8, 4) is 11.8 Å².